The maximum atomic E-state index is 5.95. The van der Waals surface area contributed by atoms with E-state index in [4.69, 9.17) is 26.8 Å². The summed E-state index contributed by atoms with van der Waals surface area (Å²) in [5, 5.41) is 0.651. The van der Waals surface area contributed by atoms with Gasteiger partial charge in [-0.2, -0.15) is 0 Å². The number of hydrogen-bond donors (Lipinski definition) is 1. The fraction of sp³-hybridized carbons (Fsp3) is 0.250. The molecule has 0 spiro atoms. The van der Waals surface area contributed by atoms with Crippen LogP contribution in [0.5, 0.6) is 11.5 Å². The zero-order valence-electron chi connectivity index (χ0n) is 11.2. The van der Waals surface area contributed by atoms with Crippen molar-refractivity contribution in [1.82, 2.24) is 0 Å². The van der Waals surface area contributed by atoms with Crippen LogP contribution in [-0.2, 0) is 6.54 Å². The fourth-order valence-corrected chi connectivity index (χ4v) is 1.94. The Hall–Kier alpha value is -1.71. The van der Waals surface area contributed by atoms with Gasteiger partial charge >= 0.3 is 0 Å². The minimum atomic E-state index is 0.438. The molecule has 0 aromatic heterocycles. The first-order chi connectivity index (χ1) is 9.79. The van der Waals surface area contributed by atoms with Crippen LogP contribution in [0, 0.1) is 0 Å². The average Bonchev–Trinajstić information content (AvgIpc) is 2.48. The molecule has 0 aliphatic carbocycles. The summed E-state index contributed by atoms with van der Waals surface area (Å²) in [4.78, 5) is 0. The molecule has 0 bridgehead atoms. The number of para-hydroxylation sites is 1. The highest BCUT2D eigenvalue weighted by molar-refractivity contribution is 6.30. The van der Waals surface area contributed by atoms with Crippen LogP contribution >= 0.6 is 11.6 Å². The number of benzene rings is 2. The minimum Gasteiger partial charge on any atom is -0.493 e. The second-order valence-electron chi connectivity index (χ2n) is 4.32. The lowest BCUT2D eigenvalue weighted by molar-refractivity contribution is 0.246. The van der Waals surface area contributed by atoms with Crippen molar-refractivity contribution in [1.29, 1.82) is 0 Å². The van der Waals surface area contributed by atoms with Gasteiger partial charge in [-0.25, -0.2) is 0 Å². The first-order valence-electron chi connectivity index (χ1n) is 6.59. The van der Waals surface area contributed by atoms with Crippen LogP contribution in [0.1, 0.15) is 12.0 Å². The maximum Gasteiger partial charge on any atom is 0.125 e. The van der Waals surface area contributed by atoms with Gasteiger partial charge in [-0.05, 0) is 24.3 Å². The molecule has 4 heteroatoms. The Morgan fingerprint density at radius 3 is 2.45 bits per heavy atom. The van der Waals surface area contributed by atoms with E-state index in [0.29, 0.717) is 24.8 Å². The second-order valence-corrected chi connectivity index (χ2v) is 4.76. The smallest absolute Gasteiger partial charge is 0.125 e. The predicted octanol–water partition coefficient (Wildman–Crippen LogP) is 3.65. The quantitative estimate of drug-likeness (QED) is 0.792. The van der Waals surface area contributed by atoms with Crippen LogP contribution in [0.25, 0.3) is 0 Å². The Morgan fingerprint density at radius 2 is 1.70 bits per heavy atom. The molecule has 0 amide bonds. The maximum absolute atomic E-state index is 5.95. The Kier molecular flexibility index (Phi) is 5.71. The van der Waals surface area contributed by atoms with Crippen molar-refractivity contribution in [2.45, 2.75) is 13.0 Å². The van der Waals surface area contributed by atoms with Crippen molar-refractivity contribution < 1.29 is 9.47 Å². The van der Waals surface area contributed by atoms with E-state index >= 15 is 0 Å². The molecule has 0 aliphatic heterocycles. The molecule has 0 aliphatic rings. The molecule has 2 aromatic carbocycles. The lowest BCUT2D eigenvalue weighted by atomic mass is 10.2. The van der Waals surface area contributed by atoms with Crippen molar-refractivity contribution in [3.8, 4) is 11.5 Å². The molecule has 2 N–H and O–H groups in total. The topological polar surface area (TPSA) is 44.5 Å². The monoisotopic (exact) mass is 291 g/mol. The van der Waals surface area contributed by atoms with E-state index in [1.54, 1.807) is 6.07 Å². The molecule has 2 rings (SSSR count). The van der Waals surface area contributed by atoms with E-state index in [9.17, 15) is 0 Å². The Bertz CT molecular complexity index is 531. The Labute approximate surface area is 124 Å². The van der Waals surface area contributed by atoms with Crippen molar-refractivity contribution in [3.63, 3.8) is 0 Å². The summed E-state index contributed by atoms with van der Waals surface area (Å²) in [5.74, 6) is 1.62. The van der Waals surface area contributed by atoms with Gasteiger partial charge < -0.3 is 15.2 Å². The molecule has 0 saturated heterocycles. The molecular weight excluding hydrogens is 274 g/mol. The number of nitrogens with two attached hydrogens (primary N) is 1. The van der Waals surface area contributed by atoms with Crippen molar-refractivity contribution in [2.75, 3.05) is 13.2 Å². The number of hydrogen-bond acceptors (Lipinski definition) is 3. The highest BCUT2D eigenvalue weighted by atomic mass is 35.5. The standard InChI is InChI=1S/C16H18ClNO2/c17-14-8-7-13(12-18)16(11-14)20-10-4-9-19-15-5-2-1-3-6-15/h1-3,5-8,11H,4,9-10,12,18H2. The van der Waals surface area contributed by atoms with Crippen LogP contribution in [0.3, 0.4) is 0 Å². The molecule has 0 fully saturated rings. The molecule has 0 saturated carbocycles. The average molecular weight is 292 g/mol. The van der Waals surface area contributed by atoms with E-state index in [-0.39, 0.29) is 0 Å². The second kappa shape index (κ2) is 7.78. The lowest BCUT2D eigenvalue weighted by Gasteiger charge is -2.11. The van der Waals surface area contributed by atoms with Gasteiger partial charge in [0.15, 0.2) is 0 Å². The fourth-order valence-electron chi connectivity index (χ4n) is 1.78. The molecule has 20 heavy (non-hydrogen) atoms. The molecule has 2 aromatic rings. The van der Waals surface area contributed by atoms with Gasteiger partial charge in [0.05, 0.1) is 13.2 Å². The van der Waals surface area contributed by atoms with Crippen LogP contribution < -0.4 is 15.2 Å². The third kappa shape index (κ3) is 4.44. The van der Waals surface area contributed by atoms with Gasteiger partial charge in [0.25, 0.3) is 0 Å². The van der Waals surface area contributed by atoms with Crippen LogP contribution in [0.2, 0.25) is 5.02 Å². The summed E-state index contributed by atoms with van der Waals surface area (Å²) >= 11 is 5.95. The first-order valence-corrected chi connectivity index (χ1v) is 6.96. The summed E-state index contributed by atoms with van der Waals surface area (Å²) in [5.41, 5.74) is 6.62. The van der Waals surface area contributed by atoms with E-state index in [0.717, 1.165) is 23.5 Å². The summed E-state index contributed by atoms with van der Waals surface area (Å²) in [6.07, 6.45) is 0.797. The van der Waals surface area contributed by atoms with E-state index in [1.165, 1.54) is 0 Å². The van der Waals surface area contributed by atoms with Crippen molar-refractivity contribution >= 4 is 11.6 Å². The first kappa shape index (κ1) is 14.7. The highest BCUT2D eigenvalue weighted by Crippen LogP contribution is 2.23. The third-order valence-electron chi connectivity index (χ3n) is 2.81. The normalized spacial score (nSPS) is 10.3. The molecule has 0 heterocycles. The van der Waals surface area contributed by atoms with Crippen molar-refractivity contribution in [3.05, 3.63) is 59.1 Å². The number of ether oxygens (including phenoxy) is 2. The Balaban J connectivity index is 1.75. The van der Waals surface area contributed by atoms with Gasteiger partial charge in [-0.15, -0.1) is 0 Å². The molecule has 0 atom stereocenters. The SMILES string of the molecule is NCc1ccc(Cl)cc1OCCCOc1ccccc1. The summed E-state index contributed by atoms with van der Waals surface area (Å²) in [6, 6.07) is 15.2. The summed E-state index contributed by atoms with van der Waals surface area (Å²) < 4.78 is 11.3. The molecule has 0 unspecified atom stereocenters. The molecule has 0 radical (unpaired) electrons. The number of rotatable bonds is 7. The largest absolute Gasteiger partial charge is 0.493 e. The van der Waals surface area contributed by atoms with Gasteiger partial charge in [-0.3, -0.25) is 0 Å². The van der Waals surface area contributed by atoms with Crippen LogP contribution in [0.4, 0.5) is 0 Å². The summed E-state index contributed by atoms with van der Waals surface area (Å²) in [6.45, 7) is 1.62. The molecule has 3 nitrogen and oxygen atoms in total. The van der Waals surface area contributed by atoms with Gasteiger partial charge in [0.2, 0.25) is 0 Å². The molecular formula is C16H18ClNO2. The van der Waals surface area contributed by atoms with E-state index in [1.807, 2.05) is 42.5 Å². The zero-order valence-corrected chi connectivity index (χ0v) is 12.0. The van der Waals surface area contributed by atoms with Gasteiger partial charge in [0.1, 0.15) is 11.5 Å². The highest BCUT2D eigenvalue weighted by Gasteiger charge is 2.03. The van der Waals surface area contributed by atoms with E-state index in [2.05, 4.69) is 0 Å². The van der Waals surface area contributed by atoms with Crippen LogP contribution in [0.15, 0.2) is 48.5 Å². The molecule has 106 valence electrons. The van der Waals surface area contributed by atoms with Crippen LogP contribution in [-0.4, -0.2) is 13.2 Å². The third-order valence-corrected chi connectivity index (χ3v) is 3.04. The Morgan fingerprint density at radius 1 is 0.950 bits per heavy atom. The lowest BCUT2D eigenvalue weighted by Crippen LogP contribution is -2.07. The van der Waals surface area contributed by atoms with E-state index < -0.39 is 0 Å². The zero-order chi connectivity index (χ0) is 14.2. The minimum absolute atomic E-state index is 0.438. The predicted molar refractivity (Wildman–Crippen MR) is 81.4 cm³/mol. The summed E-state index contributed by atoms with van der Waals surface area (Å²) in [7, 11) is 0. The van der Waals surface area contributed by atoms with Gasteiger partial charge in [-0.1, -0.05) is 35.9 Å². The number of halogens is 1. The van der Waals surface area contributed by atoms with Gasteiger partial charge in [0, 0.05) is 23.6 Å². The van der Waals surface area contributed by atoms with Crippen molar-refractivity contribution in [2.24, 2.45) is 5.73 Å².